The minimum atomic E-state index is -0.316. The van der Waals surface area contributed by atoms with Crippen LogP contribution >= 0.6 is 0 Å². The first kappa shape index (κ1) is 16.4. The average Bonchev–Trinajstić information content (AvgIpc) is 2.41. The second-order valence-electron chi connectivity index (χ2n) is 5.45. The normalized spacial score (nSPS) is 14.2. The van der Waals surface area contributed by atoms with E-state index in [1.165, 1.54) is 5.56 Å². The molecule has 1 atom stereocenters. The fraction of sp³-hybridized carbons (Fsp3) is 0.471. The van der Waals surface area contributed by atoms with Crippen molar-refractivity contribution in [2.75, 3.05) is 6.61 Å². The number of carbonyl (C=O) groups is 1. The van der Waals surface area contributed by atoms with Crippen LogP contribution in [0, 0.1) is 6.92 Å². The Kier molecular flexibility index (Phi) is 6.46. The maximum Gasteiger partial charge on any atom is 0.224 e. The van der Waals surface area contributed by atoms with E-state index in [9.17, 15) is 4.79 Å². The summed E-state index contributed by atoms with van der Waals surface area (Å²) in [5, 5.41) is 12.0. The van der Waals surface area contributed by atoms with Crippen LogP contribution in [0.25, 0.3) is 6.08 Å². The monoisotopic (exact) mass is 275 g/mol. The maximum atomic E-state index is 11.9. The Balaban J connectivity index is 2.48. The Bertz CT molecular complexity index is 451. The zero-order valence-electron chi connectivity index (χ0n) is 12.6. The highest BCUT2D eigenvalue weighted by atomic mass is 16.3. The van der Waals surface area contributed by atoms with Crippen molar-refractivity contribution in [1.82, 2.24) is 5.32 Å². The van der Waals surface area contributed by atoms with E-state index in [0.717, 1.165) is 12.0 Å². The number of carbonyl (C=O) groups excluding carboxylic acids is 1. The number of aryl methyl sites for hydroxylation is 1. The van der Waals surface area contributed by atoms with Gasteiger partial charge in [-0.25, -0.2) is 0 Å². The van der Waals surface area contributed by atoms with E-state index in [-0.39, 0.29) is 18.1 Å². The molecule has 1 amide bonds. The van der Waals surface area contributed by atoms with Crippen LogP contribution in [0.4, 0.5) is 0 Å². The van der Waals surface area contributed by atoms with E-state index in [1.807, 2.05) is 45.1 Å². The van der Waals surface area contributed by atoms with Crippen molar-refractivity contribution in [2.24, 2.45) is 0 Å². The molecule has 1 unspecified atom stereocenters. The van der Waals surface area contributed by atoms with Crippen molar-refractivity contribution in [2.45, 2.75) is 45.6 Å². The quantitative estimate of drug-likeness (QED) is 0.803. The van der Waals surface area contributed by atoms with Gasteiger partial charge in [-0.2, -0.15) is 0 Å². The van der Waals surface area contributed by atoms with Gasteiger partial charge < -0.3 is 10.4 Å². The topological polar surface area (TPSA) is 49.3 Å². The standard InChI is InChI=1S/C17H25NO2/c1-4-17(3,12-13-19)18-16(20)7-5-6-15-10-8-14(2)9-11-15/h5-6,8-11,19H,4,7,12-13H2,1-3H3,(H,18,20)/b6-5+. The molecule has 110 valence electrons. The fourth-order valence-electron chi connectivity index (χ4n) is 1.94. The number of amides is 1. The first-order valence-electron chi connectivity index (χ1n) is 7.14. The van der Waals surface area contributed by atoms with Crippen molar-refractivity contribution in [3.8, 4) is 0 Å². The molecule has 1 aromatic rings. The smallest absolute Gasteiger partial charge is 0.224 e. The summed E-state index contributed by atoms with van der Waals surface area (Å²) in [4.78, 5) is 11.9. The molecule has 0 aromatic heterocycles. The number of aliphatic hydroxyl groups is 1. The molecular weight excluding hydrogens is 250 g/mol. The summed E-state index contributed by atoms with van der Waals surface area (Å²) in [5.41, 5.74) is 2.00. The van der Waals surface area contributed by atoms with E-state index >= 15 is 0 Å². The lowest BCUT2D eigenvalue weighted by molar-refractivity contribution is -0.122. The van der Waals surface area contributed by atoms with E-state index in [1.54, 1.807) is 0 Å². The van der Waals surface area contributed by atoms with Crippen LogP contribution in [-0.4, -0.2) is 23.2 Å². The second-order valence-corrected chi connectivity index (χ2v) is 5.45. The van der Waals surface area contributed by atoms with Gasteiger partial charge in [0.15, 0.2) is 0 Å². The third-order valence-electron chi connectivity index (χ3n) is 3.58. The Hall–Kier alpha value is -1.61. The zero-order valence-corrected chi connectivity index (χ0v) is 12.6. The van der Waals surface area contributed by atoms with Crippen molar-refractivity contribution in [3.05, 3.63) is 41.5 Å². The van der Waals surface area contributed by atoms with Gasteiger partial charge in [-0.3, -0.25) is 4.79 Å². The number of aliphatic hydroxyl groups excluding tert-OH is 1. The molecule has 1 aromatic carbocycles. The van der Waals surface area contributed by atoms with Crippen LogP contribution in [0.3, 0.4) is 0 Å². The molecule has 0 spiro atoms. The van der Waals surface area contributed by atoms with Crippen molar-refractivity contribution in [3.63, 3.8) is 0 Å². The largest absolute Gasteiger partial charge is 0.396 e. The molecule has 0 saturated carbocycles. The number of rotatable bonds is 7. The first-order valence-corrected chi connectivity index (χ1v) is 7.14. The van der Waals surface area contributed by atoms with Gasteiger partial charge in [-0.15, -0.1) is 0 Å². The molecular formula is C17H25NO2. The van der Waals surface area contributed by atoms with E-state index in [0.29, 0.717) is 12.8 Å². The van der Waals surface area contributed by atoms with E-state index in [4.69, 9.17) is 5.11 Å². The molecule has 20 heavy (non-hydrogen) atoms. The Morgan fingerprint density at radius 1 is 1.35 bits per heavy atom. The predicted molar refractivity (Wildman–Crippen MR) is 83.4 cm³/mol. The lowest BCUT2D eigenvalue weighted by atomic mass is 9.94. The van der Waals surface area contributed by atoms with Gasteiger partial charge >= 0.3 is 0 Å². The van der Waals surface area contributed by atoms with Crippen LogP contribution in [0.2, 0.25) is 0 Å². The summed E-state index contributed by atoms with van der Waals surface area (Å²) >= 11 is 0. The molecule has 0 aliphatic carbocycles. The minimum absolute atomic E-state index is 0.00818. The molecule has 0 aliphatic rings. The summed E-state index contributed by atoms with van der Waals surface area (Å²) in [6.45, 7) is 6.11. The van der Waals surface area contributed by atoms with Crippen LogP contribution < -0.4 is 5.32 Å². The van der Waals surface area contributed by atoms with Gasteiger partial charge in [0.25, 0.3) is 0 Å². The summed E-state index contributed by atoms with van der Waals surface area (Å²) in [5.74, 6) is -0.00818. The van der Waals surface area contributed by atoms with Crippen LogP contribution in [0.1, 0.15) is 44.2 Å². The highest BCUT2D eigenvalue weighted by molar-refractivity contribution is 5.79. The molecule has 0 fully saturated rings. The lowest BCUT2D eigenvalue weighted by Gasteiger charge is -2.28. The van der Waals surface area contributed by atoms with Crippen LogP contribution in [0.5, 0.6) is 0 Å². The number of hydrogen-bond donors (Lipinski definition) is 2. The highest BCUT2D eigenvalue weighted by Crippen LogP contribution is 2.14. The molecule has 3 heteroatoms. The van der Waals surface area contributed by atoms with E-state index < -0.39 is 0 Å². The number of hydrogen-bond acceptors (Lipinski definition) is 2. The fourth-order valence-corrected chi connectivity index (χ4v) is 1.94. The van der Waals surface area contributed by atoms with Gasteiger partial charge in [0.05, 0.1) is 0 Å². The Morgan fingerprint density at radius 2 is 2.00 bits per heavy atom. The summed E-state index contributed by atoms with van der Waals surface area (Å²) < 4.78 is 0. The van der Waals surface area contributed by atoms with Crippen LogP contribution in [-0.2, 0) is 4.79 Å². The zero-order chi connectivity index (χ0) is 15.0. The third-order valence-corrected chi connectivity index (χ3v) is 3.58. The SMILES string of the molecule is CCC(C)(CCO)NC(=O)C/C=C/c1ccc(C)cc1. The first-order chi connectivity index (χ1) is 9.49. The molecule has 3 nitrogen and oxygen atoms in total. The lowest BCUT2D eigenvalue weighted by Crippen LogP contribution is -2.45. The number of benzene rings is 1. The summed E-state index contributed by atoms with van der Waals surface area (Å²) in [7, 11) is 0. The molecule has 1 rings (SSSR count). The van der Waals surface area contributed by atoms with Gasteiger partial charge in [-0.05, 0) is 32.3 Å². The minimum Gasteiger partial charge on any atom is -0.396 e. The summed E-state index contributed by atoms with van der Waals surface area (Å²) in [6, 6.07) is 8.17. The van der Waals surface area contributed by atoms with Crippen molar-refractivity contribution in [1.29, 1.82) is 0 Å². The van der Waals surface area contributed by atoms with Gasteiger partial charge in [0, 0.05) is 18.6 Å². The van der Waals surface area contributed by atoms with Gasteiger partial charge in [-0.1, -0.05) is 48.9 Å². The molecule has 0 heterocycles. The maximum absolute atomic E-state index is 11.9. The average molecular weight is 275 g/mol. The molecule has 0 saturated heterocycles. The van der Waals surface area contributed by atoms with E-state index in [2.05, 4.69) is 17.4 Å². The van der Waals surface area contributed by atoms with Gasteiger partial charge in [0.1, 0.15) is 0 Å². The Labute approximate surface area is 121 Å². The number of nitrogens with one attached hydrogen (secondary N) is 1. The van der Waals surface area contributed by atoms with Crippen molar-refractivity contribution < 1.29 is 9.90 Å². The van der Waals surface area contributed by atoms with Gasteiger partial charge in [0.2, 0.25) is 5.91 Å². The van der Waals surface area contributed by atoms with Crippen molar-refractivity contribution >= 4 is 12.0 Å². The molecule has 0 radical (unpaired) electrons. The predicted octanol–water partition coefficient (Wildman–Crippen LogP) is 3.07. The third kappa shape index (κ3) is 5.57. The second kappa shape index (κ2) is 7.85. The highest BCUT2D eigenvalue weighted by Gasteiger charge is 2.22. The molecule has 0 bridgehead atoms. The Morgan fingerprint density at radius 3 is 2.55 bits per heavy atom. The molecule has 0 aliphatic heterocycles. The summed E-state index contributed by atoms with van der Waals surface area (Å²) in [6.07, 6.45) is 5.57. The van der Waals surface area contributed by atoms with Crippen LogP contribution in [0.15, 0.2) is 30.3 Å². The molecule has 2 N–H and O–H groups in total.